The molecule has 1 heterocycles. The van der Waals surface area contributed by atoms with E-state index in [1.54, 1.807) is 0 Å². The van der Waals surface area contributed by atoms with E-state index in [9.17, 15) is 0 Å². The molecule has 0 fully saturated rings. The van der Waals surface area contributed by atoms with Crippen molar-refractivity contribution in [1.29, 1.82) is 0 Å². The molecule has 1 aromatic carbocycles. The minimum Gasteiger partial charge on any atom is -0.261 e. The fourth-order valence-corrected chi connectivity index (χ4v) is 1.38. The van der Waals surface area contributed by atoms with Gasteiger partial charge in [-0.05, 0) is 13.0 Å². The molecule has 0 saturated heterocycles. The molecule has 1 aromatic heterocycles. The van der Waals surface area contributed by atoms with Gasteiger partial charge in [-0.1, -0.05) is 30.4 Å². The van der Waals surface area contributed by atoms with Crippen LogP contribution in [0, 0.1) is 0 Å². The second-order valence-corrected chi connectivity index (χ2v) is 2.95. The Kier molecular flexibility index (Phi) is 2.13. The molecule has 0 unspecified atom stereocenters. The van der Waals surface area contributed by atoms with E-state index >= 15 is 0 Å². The predicted molar refractivity (Wildman–Crippen MR) is 54.5 cm³/mol. The number of hydrogen-bond donors (Lipinski definition) is 0. The summed E-state index contributed by atoms with van der Waals surface area (Å²) in [7, 11) is 0. The van der Waals surface area contributed by atoms with Crippen LogP contribution in [0.1, 0.15) is 6.92 Å². The zero-order valence-electron chi connectivity index (χ0n) is 7.64. The molecular weight excluding hydrogens is 160 g/mol. The third kappa shape index (κ3) is 1.47. The molecule has 0 spiro atoms. The quantitative estimate of drug-likeness (QED) is 0.637. The number of nitrogens with zero attached hydrogens (tertiary/aromatic N) is 2. The SMILES string of the molecule is C/C=C/Cn1ncc2ccccc21. The summed E-state index contributed by atoms with van der Waals surface area (Å²) < 4.78 is 2.00. The van der Waals surface area contributed by atoms with Crippen LogP contribution in [0.25, 0.3) is 10.9 Å². The third-order valence-corrected chi connectivity index (χ3v) is 2.07. The highest BCUT2D eigenvalue weighted by Crippen LogP contribution is 2.12. The number of rotatable bonds is 2. The van der Waals surface area contributed by atoms with Gasteiger partial charge in [-0.25, -0.2) is 0 Å². The summed E-state index contributed by atoms with van der Waals surface area (Å²) in [5.41, 5.74) is 1.20. The molecule has 0 aliphatic heterocycles. The largest absolute Gasteiger partial charge is 0.261 e. The van der Waals surface area contributed by atoms with E-state index in [0.717, 1.165) is 6.54 Å². The first-order valence-electron chi connectivity index (χ1n) is 4.43. The highest BCUT2D eigenvalue weighted by molar-refractivity contribution is 5.78. The molecule has 0 radical (unpaired) electrons. The summed E-state index contributed by atoms with van der Waals surface area (Å²) in [6, 6.07) is 8.24. The topological polar surface area (TPSA) is 17.8 Å². The lowest BCUT2D eigenvalue weighted by Crippen LogP contribution is -1.95. The van der Waals surface area contributed by atoms with Crippen LogP contribution in [0.3, 0.4) is 0 Å². The fraction of sp³-hybridized carbons (Fsp3) is 0.182. The van der Waals surface area contributed by atoms with E-state index in [1.165, 1.54) is 10.9 Å². The van der Waals surface area contributed by atoms with E-state index < -0.39 is 0 Å². The van der Waals surface area contributed by atoms with Crippen molar-refractivity contribution in [2.45, 2.75) is 13.5 Å². The van der Waals surface area contributed by atoms with Crippen molar-refractivity contribution < 1.29 is 0 Å². The zero-order valence-corrected chi connectivity index (χ0v) is 7.64. The average molecular weight is 172 g/mol. The highest BCUT2D eigenvalue weighted by Gasteiger charge is 1.97. The second-order valence-electron chi connectivity index (χ2n) is 2.95. The van der Waals surface area contributed by atoms with E-state index in [-0.39, 0.29) is 0 Å². The zero-order chi connectivity index (χ0) is 9.10. The summed E-state index contributed by atoms with van der Waals surface area (Å²) in [5.74, 6) is 0. The van der Waals surface area contributed by atoms with Gasteiger partial charge < -0.3 is 0 Å². The van der Waals surface area contributed by atoms with E-state index in [0.29, 0.717) is 0 Å². The van der Waals surface area contributed by atoms with Gasteiger partial charge in [-0.15, -0.1) is 0 Å². The Morgan fingerprint density at radius 3 is 3.08 bits per heavy atom. The van der Waals surface area contributed by atoms with Gasteiger partial charge >= 0.3 is 0 Å². The van der Waals surface area contributed by atoms with Gasteiger partial charge in [-0.3, -0.25) is 4.68 Å². The van der Waals surface area contributed by atoms with Crippen molar-refractivity contribution in [3.8, 4) is 0 Å². The average Bonchev–Trinajstić information content (AvgIpc) is 2.58. The van der Waals surface area contributed by atoms with Crippen molar-refractivity contribution in [2.24, 2.45) is 0 Å². The first-order valence-corrected chi connectivity index (χ1v) is 4.43. The van der Waals surface area contributed by atoms with Crippen LogP contribution in [0.15, 0.2) is 42.6 Å². The van der Waals surface area contributed by atoms with Crippen LogP contribution in [-0.2, 0) is 6.54 Å². The number of benzene rings is 1. The molecule has 0 aliphatic rings. The lowest BCUT2D eigenvalue weighted by molar-refractivity contribution is 0.727. The molecule has 0 atom stereocenters. The molecule has 0 aliphatic carbocycles. The number of para-hydroxylation sites is 1. The van der Waals surface area contributed by atoms with Crippen LogP contribution in [0.4, 0.5) is 0 Å². The molecule has 0 saturated carbocycles. The first kappa shape index (κ1) is 8.05. The lowest BCUT2D eigenvalue weighted by Gasteiger charge is -1.97. The molecule has 0 amide bonds. The van der Waals surface area contributed by atoms with Gasteiger partial charge in [0.15, 0.2) is 0 Å². The monoisotopic (exact) mass is 172 g/mol. The summed E-state index contributed by atoms with van der Waals surface area (Å²) in [5, 5.41) is 5.50. The van der Waals surface area contributed by atoms with Gasteiger partial charge in [0.2, 0.25) is 0 Å². The summed E-state index contributed by atoms with van der Waals surface area (Å²) in [6.45, 7) is 2.87. The lowest BCUT2D eigenvalue weighted by atomic mass is 10.2. The number of allylic oxidation sites excluding steroid dienone is 2. The third-order valence-electron chi connectivity index (χ3n) is 2.07. The van der Waals surface area contributed by atoms with Gasteiger partial charge in [0.25, 0.3) is 0 Å². The Labute approximate surface area is 77.5 Å². The minimum absolute atomic E-state index is 0.851. The maximum atomic E-state index is 4.30. The standard InChI is InChI=1S/C11H12N2/c1-2-3-8-13-11-7-5-4-6-10(11)9-12-13/h2-7,9H,8H2,1H3/b3-2+. The second kappa shape index (κ2) is 3.44. The Hall–Kier alpha value is -1.57. The predicted octanol–water partition coefficient (Wildman–Crippen LogP) is 2.61. The molecular formula is C11H12N2. The summed E-state index contributed by atoms with van der Waals surface area (Å²) >= 11 is 0. The number of fused-ring (bicyclic) bond motifs is 1. The number of hydrogen-bond acceptors (Lipinski definition) is 1. The van der Waals surface area contributed by atoms with Gasteiger partial charge in [-0.2, -0.15) is 5.10 Å². The van der Waals surface area contributed by atoms with E-state index in [4.69, 9.17) is 0 Å². The van der Waals surface area contributed by atoms with Crippen molar-refractivity contribution >= 4 is 10.9 Å². The van der Waals surface area contributed by atoms with Crippen molar-refractivity contribution in [3.63, 3.8) is 0 Å². The Morgan fingerprint density at radius 1 is 1.38 bits per heavy atom. The minimum atomic E-state index is 0.851. The molecule has 2 nitrogen and oxygen atoms in total. The Morgan fingerprint density at radius 2 is 2.23 bits per heavy atom. The van der Waals surface area contributed by atoms with Crippen LogP contribution in [0.2, 0.25) is 0 Å². The first-order chi connectivity index (χ1) is 6.42. The number of aromatic nitrogens is 2. The summed E-state index contributed by atoms with van der Waals surface area (Å²) in [4.78, 5) is 0. The van der Waals surface area contributed by atoms with Crippen molar-refractivity contribution in [1.82, 2.24) is 9.78 Å². The highest BCUT2D eigenvalue weighted by atomic mass is 15.3. The van der Waals surface area contributed by atoms with Crippen LogP contribution in [-0.4, -0.2) is 9.78 Å². The molecule has 13 heavy (non-hydrogen) atoms. The van der Waals surface area contributed by atoms with Crippen molar-refractivity contribution in [3.05, 3.63) is 42.6 Å². The Bertz CT molecular complexity index is 426. The smallest absolute Gasteiger partial charge is 0.0686 e. The van der Waals surface area contributed by atoms with Gasteiger partial charge in [0.05, 0.1) is 18.3 Å². The normalized spacial score (nSPS) is 11.5. The maximum absolute atomic E-state index is 4.30. The van der Waals surface area contributed by atoms with E-state index in [1.807, 2.05) is 36.0 Å². The molecule has 2 rings (SSSR count). The fourth-order valence-electron chi connectivity index (χ4n) is 1.38. The molecule has 0 bridgehead atoms. The Balaban J connectivity index is 2.45. The van der Waals surface area contributed by atoms with Crippen molar-refractivity contribution in [2.75, 3.05) is 0 Å². The van der Waals surface area contributed by atoms with E-state index in [2.05, 4.69) is 23.3 Å². The van der Waals surface area contributed by atoms with Crippen LogP contribution in [0.5, 0.6) is 0 Å². The molecule has 0 N–H and O–H groups in total. The van der Waals surface area contributed by atoms with Gasteiger partial charge in [0, 0.05) is 5.39 Å². The van der Waals surface area contributed by atoms with Crippen LogP contribution < -0.4 is 0 Å². The maximum Gasteiger partial charge on any atom is 0.0686 e. The van der Waals surface area contributed by atoms with Crippen LogP contribution >= 0.6 is 0 Å². The molecule has 2 aromatic rings. The summed E-state index contributed by atoms with van der Waals surface area (Å²) in [6.07, 6.45) is 6.04. The molecule has 66 valence electrons. The van der Waals surface area contributed by atoms with Gasteiger partial charge in [0.1, 0.15) is 0 Å². The molecule has 2 heteroatoms.